The van der Waals surface area contributed by atoms with Crippen molar-refractivity contribution in [2.45, 2.75) is 46.1 Å². The summed E-state index contributed by atoms with van der Waals surface area (Å²) < 4.78 is 16.6. The maximum atomic E-state index is 13.1. The number of nitriles is 1. The molecule has 0 aliphatic carbocycles. The number of hydrogen-bond donors (Lipinski definition) is 1. The highest BCUT2D eigenvalue weighted by Crippen LogP contribution is 2.43. The molecule has 2 aromatic rings. The molecule has 0 saturated heterocycles. The van der Waals surface area contributed by atoms with E-state index in [1.807, 2.05) is 13.0 Å². The van der Waals surface area contributed by atoms with E-state index in [2.05, 4.69) is 11.1 Å². The van der Waals surface area contributed by atoms with Crippen LogP contribution in [0.1, 0.15) is 46.1 Å². The van der Waals surface area contributed by atoms with Crippen molar-refractivity contribution in [2.24, 2.45) is 5.73 Å². The molecule has 0 radical (unpaired) electrons. The number of fused-ring (bicyclic) bond motifs is 1. The number of allylic oxidation sites excluding steroid dienone is 2. The largest absolute Gasteiger partial charge is 0.494 e. The summed E-state index contributed by atoms with van der Waals surface area (Å²) in [6.45, 7) is 9.29. The zero-order chi connectivity index (χ0) is 22.9. The maximum Gasteiger partial charge on any atom is 0.338 e. The van der Waals surface area contributed by atoms with Crippen LogP contribution in [0, 0.1) is 11.3 Å². The molecule has 2 N–H and O–H groups in total. The zero-order valence-electron chi connectivity index (χ0n) is 18.1. The predicted molar refractivity (Wildman–Crippen MR) is 117 cm³/mol. The van der Waals surface area contributed by atoms with Crippen LogP contribution in [0.4, 0.5) is 0 Å². The van der Waals surface area contributed by atoms with E-state index in [0.717, 1.165) is 5.39 Å². The van der Waals surface area contributed by atoms with Gasteiger partial charge in [0, 0.05) is 10.9 Å². The number of nitrogens with two attached hydrogens (primary N) is 1. The van der Waals surface area contributed by atoms with E-state index in [-0.39, 0.29) is 27.9 Å². The summed E-state index contributed by atoms with van der Waals surface area (Å²) in [7, 11) is 0. The lowest BCUT2D eigenvalue weighted by molar-refractivity contribution is -0.150. The van der Waals surface area contributed by atoms with Crippen LogP contribution in [-0.2, 0) is 14.3 Å². The Morgan fingerprint density at radius 3 is 2.68 bits per heavy atom. The standard InChI is InChI=1S/C23H24ClN3O4/c1-6-29-14-7-8-17-13(9-14)10-15(20(24)27-17)19-16(11-25)21(26)30-12(2)18(19)22(28)31-23(3,4)5/h7-10,19H,6,26H2,1-5H3. The minimum Gasteiger partial charge on any atom is -0.494 e. The molecule has 2 heterocycles. The maximum absolute atomic E-state index is 13.1. The Balaban J connectivity index is 2.22. The van der Waals surface area contributed by atoms with Gasteiger partial charge in [0.25, 0.3) is 0 Å². The fourth-order valence-electron chi connectivity index (χ4n) is 3.40. The van der Waals surface area contributed by atoms with Gasteiger partial charge in [0.15, 0.2) is 0 Å². The molecule has 162 valence electrons. The number of aromatic nitrogens is 1. The summed E-state index contributed by atoms with van der Waals surface area (Å²) >= 11 is 6.53. The molecule has 0 fully saturated rings. The Hall–Kier alpha value is -3.24. The monoisotopic (exact) mass is 441 g/mol. The lowest BCUT2D eigenvalue weighted by atomic mass is 9.83. The number of rotatable bonds is 4. The van der Waals surface area contributed by atoms with E-state index >= 15 is 0 Å². The predicted octanol–water partition coefficient (Wildman–Crippen LogP) is 4.71. The number of benzene rings is 1. The van der Waals surface area contributed by atoms with E-state index in [4.69, 9.17) is 31.5 Å². The van der Waals surface area contributed by atoms with Crippen molar-refractivity contribution in [1.29, 1.82) is 5.26 Å². The molecule has 1 atom stereocenters. The smallest absolute Gasteiger partial charge is 0.338 e. The second-order valence-corrected chi connectivity index (χ2v) is 8.41. The van der Waals surface area contributed by atoms with Crippen LogP contribution in [0.25, 0.3) is 10.9 Å². The molecule has 1 unspecified atom stereocenters. The van der Waals surface area contributed by atoms with Gasteiger partial charge in [-0.15, -0.1) is 0 Å². The number of hydrogen-bond acceptors (Lipinski definition) is 7. The van der Waals surface area contributed by atoms with Crippen LogP contribution in [0.2, 0.25) is 5.15 Å². The topological polar surface area (TPSA) is 107 Å². The fourth-order valence-corrected chi connectivity index (χ4v) is 3.65. The van der Waals surface area contributed by atoms with Crippen LogP contribution in [0.5, 0.6) is 5.75 Å². The second kappa shape index (κ2) is 8.48. The Morgan fingerprint density at radius 1 is 1.35 bits per heavy atom. The SMILES string of the molecule is CCOc1ccc2nc(Cl)c(C3C(C#N)=C(N)OC(C)=C3C(=O)OC(C)(C)C)cc2c1. The minimum absolute atomic E-state index is 0.0653. The quantitative estimate of drug-likeness (QED) is 0.540. The van der Waals surface area contributed by atoms with Gasteiger partial charge in [-0.25, -0.2) is 9.78 Å². The zero-order valence-corrected chi connectivity index (χ0v) is 18.8. The number of halogens is 1. The van der Waals surface area contributed by atoms with Crippen molar-refractivity contribution in [1.82, 2.24) is 4.98 Å². The molecular weight excluding hydrogens is 418 g/mol. The van der Waals surface area contributed by atoms with Gasteiger partial charge in [0.1, 0.15) is 33.9 Å². The van der Waals surface area contributed by atoms with Crippen molar-refractivity contribution < 1.29 is 19.0 Å². The molecule has 0 bridgehead atoms. The average molecular weight is 442 g/mol. The van der Waals surface area contributed by atoms with Gasteiger partial charge in [0.05, 0.1) is 23.6 Å². The number of esters is 1. The lowest BCUT2D eigenvalue weighted by Gasteiger charge is -2.29. The molecule has 8 heteroatoms. The third-order valence-corrected chi connectivity index (χ3v) is 4.92. The first-order valence-corrected chi connectivity index (χ1v) is 10.2. The van der Waals surface area contributed by atoms with Gasteiger partial charge in [-0.3, -0.25) is 0 Å². The number of nitrogens with zero attached hydrogens (tertiary/aromatic N) is 2. The molecule has 0 saturated carbocycles. The Labute approximate surface area is 186 Å². The molecular formula is C23H24ClN3O4. The van der Waals surface area contributed by atoms with Gasteiger partial charge in [-0.05, 0) is 58.9 Å². The number of carbonyl (C=O) groups excluding carboxylic acids is 1. The summed E-state index contributed by atoms with van der Waals surface area (Å²) in [5.74, 6) is -0.665. The molecule has 7 nitrogen and oxygen atoms in total. The summed E-state index contributed by atoms with van der Waals surface area (Å²) in [5, 5.41) is 10.7. The van der Waals surface area contributed by atoms with Crippen molar-refractivity contribution >= 4 is 28.5 Å². The normalized spacial score (nSPS) is 16.7. The fraction of sp³-hybridized carbons (Fsp3) is 0.348. The van der Waals surface area contributed by atoms with Gasteiger partial charge in [0.2, 0.25) is 5.88 Å². The van der Waals surface area contributed by atoms with Crippen molar-refractivity contribution in [2.75, 3.05) is 6.61 Å². The summed E-state index contributed by atoms with van der Waals surface area (Å²) in [4.78, 5) is 17.5. The molecule has 1 aliphatic heterocycles. The molecule has 0 spiro atoms. The van der Waals surface area contributed by atoms with Gasteiger partial charge < -0.3 is 19.9 Å². The van der Waals surface area contributed by atoms with Crippen molar-refractivity contribution in [3.05, 3.63) is 57.8 Å². The first-order chi connectivity index (χ1) is 14.6. The summed E-state index contributed by atoms with van der Waals surface area (Å²) in [5.41, 5.74) is 6.57. The van der Waals surface area contributed by atoms with Crippen LogP contribution in [0.3, 0.4) is 0 Å². The van der Waals surface area contributed by atoms with E-state index in [1.54, 1.807) is 45.9 Å². The van der Waals surface area contributed by atoms with E-state index < -0.39 is 17.5 Å². The number of pyridine rings is 1. The van der Waals surface area contributed by atoms with E-state index in [9.17, 15) is 10.1 Å². The number of ether oxygens (including phenoxy) is 3. The first-order valence-electron chi connectivity index (χ1n) is 9.80. The molecule has 1 aromatic carbocycles. The van der Waals surface area contributed by atoms with E-state index in [0.29, 0.717) is 23.4 Å². The molecule has 3 rings (SSSR count). The highest BCUT2D eigenvalue weighted by atomic mass is 35.5. The Kier molecular flexibility index (Phi) is 6.14. The Bertz CT molecular complexity index is 1160. The van der Waals surface area contributed by atoms with Crippen LogP contribution in [0.15, 0.2) is 47.1 Å². The molecule has 31 heavy (non-hydrogen) atoms. The van der Waals surface area contributed by atoms with Gasteiger partial charge in [-0.2, -0.15) is 5.26 Å². The van der Waals surface area contributed by atoms with Gasteiger partial charge in [-0.1, -0.05) is 11.6 Å². The summed E-state index contributed by atoms with van der Waals surface area (Å²) in [6, 6.07) is 9.26. The third-order valence-electron chi connectivity index (χ3n) is 4.61. The van der Waals surface area contributed by atoms with Crippen LogP contribution in [-0.4, -0.2) is 23.2 Å². The minimum atomic E-state index is -0.881. The van der Waals surface area contributed by atoms with Crippen molar-refractivity contribution in [3.63, 3.8) is 0 Å². The number of carbonyl (C=O) groups is 1. The molecule has 1 aromatic heterocycles. The van der Waals surface area contributed by atoms with Crippen LogP contribution < -0.4 is 10.5 Å². The summed E-state index contributed by atoms with van der Waals surface area (Å²) in [6.07, 6.45) is 0. The highest BCUT2D eigenvalue weighted by molar-refractivity contribution is 6.30. The van der Waals surface area contributed by atoms with E-state index in [1.165, 1.54) is 0 Å². The first kappa shape index (κ1) is 22.4. The molecule has 0 amide bonds. The van der Waals surface area contributed by atoms with Crippen molar-refractivity contribution in [3.8, 4) is 11.8 Å². The highest BCUT2D eigenvalue weighted by Gasteiger charge is 2.39. The Morgan fingerprint density at radius 2 is 2.06 bits per heavy atom. The third kappa shape index (κ3) is 4.59. The second-order valence-electron chi connectivity index (χ2n) is 8.05. The average Bonchev–Trinajstić information content (AvgIpc) is 2.66. The molecule has 1 aliphatic rings. The lowest BCUT2D eigenvalue weighted by Crippen LogP contribution is -2.30. The van der Waals surface area contributed by atoms with Gasteiger partial charge >= 0.3 is 5.97 Å². The van der Waals surface area contributed by atoms with Crippen LogP contribution >= 0.6 is 11.6 Å².